The number of carbonyl (C=O) groups is 1. The van der Waals surface area contributed by atoms with E-state index in [-0.39, 0.29) is 11.7 Å². The number of anilines is 1. The monoisotopic (exact) mass is 326 g/mol. The van der Waals surface area contributed by atoms with Crippen LogP contribution in [0, 0.1) is 6.92 Å². The van der Waals surface area contributed by atoms with Crippen molar-refractivity contribution in [2.45, 2.75) is 11.9 Å². The van der Waals surface area contributed by atoms with E-state index >= 15 is 0 Å². The molecule has 0 radical (unpaired) electrons. The standard InChI is InChI=1S/C16H14N4O2S/c1-10-15(18-16(22)20-19-10)23-9-14(21)17-13-7-6-11-4-2-3-5-12(11)8-13/h2-8H,9H2,1H3,(H,17,21)(H,18,20,22). The number of benzene rings is 2. The number of aromatic amines is 1. The largest absolute Gasteiger partial charge is 0.362 e. The summed E-state index contributed by atoms with van der Waals surface area (Å²) in [5, 5.41) is 11.6. The van der Waals surface area contributed by atoms with Crippen molar-refractivity contribution in [3.63, 3.8) is 0 Å². The Kier molecular flexibility index (Phi) is 4.38. The van der Waals surface area contributed by atoms with Crippen molar-refractivity contribution < 1.29 is 4.79 Å². The van der Waals surface area contributed by atoms with E-state index in [9.17, 15) is 9.59 Å². The Hall–Kier alpha value is -2.67. The molecule has 0 unspecified atom stereocenters. The summed E-state index contributed by atoms with van der Waals surface area (Å²) in [5.74, 6) is -0.00187. The Morgan fingerprint density at radius 1 is 1.22 bits per heavy atom. The summed E-state index contributed by atoms with van der Waals surface area (Å²) in [7, 11) is 0. The summed E-state index contributed by atoms with van der Waals surface area (Å²) >= 11 is 1.19. The van der Waals surface area contributed by atoms with E-state index in [0.29, 0.717) is 10.7 Å². The molecule has 0 fully saturated rings. The first-order chi connectivity index (χ1) is 11.1. The van der Waals surface area contributed by atoms with Crippen LogP contribution in [0.3, 0.4) is 0 Å². The first-order valence-electron chi connectivity index (χ1n) is 6.96. The van der Waals surface area contributed by atoms with Crippen molar-refractivity contribution in [1.29, 1.82) is 0 Å². The maximum atomic E-state index is 12.1. The topological polar surface area (TPSA) is 87.7 Å². The van der Waals surface area contributed by atoms with Crippen LogP contribution in [0.4, 0.5) is 5.69 Å². The predicted octanol–water partition coefficient (Wildman–Crippen LogP) is 2.36. The smallest absolute Gasteiger partial charge is 0.325 e. The molecule has 1 amide bonds. The normalized spacial score (nSPS) is 10.7. The maximum absolute atomic E-state index is 12.1. The minimum atomic E-state index is -0.520. The van der Waals surface area contributed by atoms with Gasteiger partial charge in [0.05, 0.1) is 11.4 Å². The number of thioether (sulfide) groups is 1. The number of rotatable bonds is 4. The Morgan fingerprint density at radius 3 is 2.83 bits per heavy atom. The fourth-order valence-electron chi connectivity index (χ4n) is 2.11. The van der Waals surface area contributed by atoms with Crippen LogP contribution in [0.1, 0.15) is 5.69 Å². The van der Waals surface area contributed by atoms with Crippen LogP contribution in [0.25, 0.3) is 10.8 Å². The number of aromatic nitrogens is 3. The number of nitrogens with zero attached hydrogens (tertiary/aromatic N) is 2. The molecule has 0 aliphatic heterocycles. The number of aryl methyl sites for hydroxylation is 1. The number of fused-ring (bicyclic) bond motifs is 1. The Balaban J connectivity index is 1.66. The lowest BCUT2D eigenvalue weighted by molar-refractivity contribution is -0.113. The summed E-state index contributed by atoms with van der Waals surface area (Å²) < 4.78 is 0. The van der Waals surface area contributed by atoms with Gasteiger partial charge in [0.1, 0.15) is 5.03 Å². The van der Waals surface area contributed by atoms with Crippen LogP contribution < -0.4 is 11.0 Å². The molecular weight excluding hydrogens is 312 g/mol. The van der Waals surface area contributed by atoms with Gasteiger partial charge in [-0.2, -0.15) is 10.1 Å². The van der Waals surface area contributed by atoms with Gasteiger partial charge in [-0.15, -0.1) is 0 Å². The molecule has 23 heavy (non-hydrogen) atoms. The molecule has 6 nitrogen and oxygen atoms in total. The fraction of sp³-hybridized carbons (Fsp3) is 0.125. The second kappa shape index (κ2) is 6.62. The molecule has 0 spiro atoms. The van der Waals surface area contributed by atoms with Crippen LogP contribution in [-0.2, 0) is 4.79 Å². The molecule has 1 heterocycles. The van der Waals surface area contributed by atoms with E-state index in [1.807, 2.05) is 42.5 Å². The van der Waals surface area contributed by atoms with E-state index in [1.165, 1.54) is 11.8 Å². The number of carbonyl (C=O) groups excluding carboxylic acids is 1. The van der Waals surface area contributed by atoms with Crippen molar-refractivity contribution in [1.82, 2.24) is 15.2 Å². The second-order valence-electron chi connectivity index (χ2n) is 4.93. The SMILES string of the molecule is Cc1n[nH]c(=O)nc1SCC(=O)Nc1ccc2ccccc2c1. The third kappa shape index (κ3) is 3.75. The molecule has 0 saturated carbocycles. The molecular formula is C16H14N4O2S. The number of amides is 1. The van der Waals surface area contributed by atoms with Gasteiger partial charge in [-0.3, -0.25) is 4.79 Å². The van der Waals surface area contributed by atoms with Gasteiger partial charge in [-0.05, 0) is 29.8 Å². The minimum absolute atomic E-state index is 0.159. The van der Waals surface area contributed by atoms with Gasteiger partial charge >= 0.3 is 5.69 Å². The summed E-state index contributed by atoms with van der Waals surface area (Å²) in [6, 6.07) is 13.7. The van der Waals surface area contributed by atoms with Gasteiger partial charge in [0.2, 0.25) is 5.91 Å². The summed E-state index contributed by atoms with van der Waals surface area (Å²) in [6.07, 6.45) is 0. The molecule has 0 saturated heterocycles. The molecule has 2 N–H and O–H groups in total. The Morgan fingerprint density at radius 2 is 2.00 bits per heavy atom. The number of hydrogen-bond acceptors (Lipinski definition) is 5. The molecule has 2 aromatic carbocycles. The van der Waals surface area contributed by atoms with Crippen molar-refractivity contribution in [2.24, 2.45) is 0 Å². The number of H-pyrrole nitrogens is 1. The molecule has 0 aliphatic carbocycles. The van der Waals surface area contributed by atoms with E-state index in [1.54, 1.807) is 6.92 Å². The van der Waals surface area contributed by atoms with E-state index in [2.05, 4.69) is 20.5 Å². The van der Waals surface area contributed by atoms with Gasteiger partial charge in [-0.25, -0.2) is 9.89 Å². The highest BCUT2D eigenvalue weighted by molar-refractivity contribution is 8.00. The predicted molar refractivity (Wildman–Crippen MR) is 90.7 cm³/mol. The van der Waals surface area contributed by atoms with Crippen LogP contribution >= 0.6 is 11.8 Å². The fourth-order valence-corrected chi connectivity index (χ4v) is 2.85. The molecule has 116 valence electrons. The molecule has 0 atom stereocenters. The summed E-state index contributed by atoms with van der Waals surface area (Å²) in [6.45, 7) is 1.73. The number of hydrogen-bond donors (Lipinski definition) is 2. The Bertz CT molecular complexity index is 923. The lowest BCUT2D eigenvalue weighted by Gasteiger charge is -2.07. The minimum Gasteiger partial charge on any atom is -0.325 e. The molecule has 0 aliphatic rings. The average molecular weight is 326 g/mol. The van der Waals surface area contributed by atoms with E-state index in [0.717, 1.165) is 16.5 Å². The van der Waals surface area contributed by atoms with Gasteiger partial charge in [0, 0.05) is 5.69 Å². The van der Waals surface area contributed by atoms with Crippen LogP contribution in [-0.4, -0.2) is 26.8 Å². The molecule has 7 heteroatoms. The number of nitrogens with one attached hydrogen (secondary N) is 2. The lowest BCUT2D eigenvalue weighted by Crippen LogP contribution is -2.17. The third-order valence-electron chi connectivity index (χ3n) is 3.21. The quantitative estimate of drug-likeness (QED) is 0.719. The molecule has 0 bridgehead atoms. The van der Waals surface area contributed by atoms with Crippen molar-refractivity contribution in [3.8, 4) is 0 Å². The third-order valence-corrected chi connectivity index (χ3v) is 4.27. The first kappa shape index (κ1) is 15.2. The van der Waals surface area contributed by atoms with Gasteiger partial charge in [-0.1, -0.05) is 42.1 Å². The highest BCUT2D eigenvalue weighted by Gasteiger charge is 2.08. The first-order valence-corrected chi connectivity index (χ1v) is 7.95. The van der Waals surface area contributed by atoms with Crippen molar-refractivity contribution in [2.75, 3.05) is 11.1 Å². The Labute approximate surface area is 136 Å². The van der Waals surface area contributed by atoms with Gasteiger partial charge in [0.15, 0.2) is 0 Å². The van der Waals surface area contributed by atoms with Crippen molar-refractivity contribution in [3.05, 3.63) is 58.6 Å². The van der Waals surface area contributed by atoms with Crippen LogP contribution in [0.5, 0.6) is 0 Å². The van der Waals surface area contributed by atoms with E-state index < -0.39 is 5.69 Å². The highest BCUT2D eigenvalue weighted by Crippen LogP contribution is 2.20. The molecule has 1 aromatic heterocycles. The summed E-state index contributed by atoms with van der Waals surface area (Å²) in [5.41, 5.74) is 0.809. The lowest BCUT2D eigenvalue weighted by atomic mass is 10.1. The molecule has 3 rings (SSSR count). The zero-order valence-corrected chi connectivity index (χ0v) is 13.2. The zero-order chi connectivity index (χ0) is 16.2. The highest BCUT2D eigenvalue weighted by atomic mass is 32.2. The van der Waals surface area contributed by atoms with Crippen molar-refractivity contribution >= 4 is 34.1 Å². The zero-order valence-electron chi connectivity index (χ0n) is 12.4. The van der Waals surface area contributed by atoms with Crippen LogP contribution in [0.15, 0.2) is 52.3 Å². The maximum Gasteiger partial charge on any atom is 0.362 e. The van der Waals surface area contributed by atoms with Gasteiger partial charge in [0.25, 0.3) is 0 Å². The van der Waals surface area contributed by atoms with E-state index in [4.69, 9.17) is 0 Å². The second-order valence-corrected chi connectivity index (χ2v) is 5.89. The average Bonchev–Trinajstić information content (AvgIpc) is 2.55. The summed E-state index contributed by atoms with van der Waals surface area (Å²) in [4.78, 5) is 27.0. The molecule has 3 aromatic rings. The van der Waals surface area contributed by atoms with Gasteiger partial charge < -0.3 is 5.32 Å². The van der Waals surface area contributed by atoms with Crippen LogP contribution in [0.2, 0.25) is 0 Å².